The average molecular weight is 236 g/mol. The van der Waals surface area contributed by atoms with Crippen LogP contribution < -0.4 is 5.32 Å². The number of hydrogen-bond acceptors (Lipinski definition) is 2. The molecule has 2 rings (SSSR count). The van der Waals surface area contributed by atoms with Crippen LogP contribution in [0.15, 0.2) is 24.3 Å². The van der Waals surface area contributed by atoms with Crippen molar-refractivity contribution in [2.45, 2.75) is 31.8 Å². The van der Waals surface area contributed by atoms with E-state index < -0.39 is 0 Å². The first kappa shape index (κ1) is 12.5. The molecule has 17 heavy (non-hydrogen) atoms. The number of nitrogens with zero attached hydrogens (tertiary/aromatic N) is 1. The normalized spacial score (nSPS) is 22.0. The van der Waals surface area contributed by atoms with Crippen LogP contribution in [0, 0.1) is 5.82 Å². The van der Waals surface area contributed by atoms with Crippen LogP contribution in [-0.2, 0) is 0 Å². The summed E-state index contributed by atoms with van der Waals surface area (Å²) < 4.78 is 13.7. The molecule has 2 unspecified atom stereocenters. The molecule has 2 nitrogen and oxygen atoms in total. The van der Waals surface area contributed by atoms with Gasteiger partial charge in [0.05, 0.1) is 0 Å². The van der Waals surface area contributed by atoms with Crippen molar-refractivity contribution in [1.29, 1.82) is 0 Å². The van der Waals surface area contributed by atoms with Crippen LogP contribution in [0.2, 0.25) is 0 Å². The summed E-state index contributed by atoms with van der Waals surface area (Å²) in [5.74, 6) is -0.105. The lowest BCUT2D eigenvalue weighted by atomic mass is 10.1. The Morgan fingerprint density at radius 2 is 2.24 bits per heavy atom. The molecule has 1 fully saturated rings. The summed E-state index contributed by atoms with van der Waals surface area (Å²) in [7, 11) is 2.07. The standard InChI is InChI=1S/C14H21FN2/c1-11(13-7-3-4-8-14(13)15)17(2)10-12-6-5-9-16-12/h3-4,7-8,11-12,16H,5-6,9-10H2,1-2H3. The van der Waals surface area contributed by atoms with Crippen LogP contribution >= 0.6 is 0 Å². The van der Waals surface area contributed by atoms with Gasteiger partial charge in [-0.1, -0.05) is 18.2 Å². The highest BCUT2D eigenvalue weighted by atomic mass is 19.1. The third kappa shape index (κ3) is 3.05. The Labute approximate surface area is 103 Å². The zero-order chi connectivity index (χ0) is 12.3. The van der Waals surface area contributed by atoms with Crippen LogP contribution in [0.3, 0.4) is 0 Å². The molecule has 3 heteroatoms. The predicted molar refractivity (Wildman–Crippen MR) is 68.5 cm³/mol. The highest BCUT2D eigenvalue weighted by Crippen LogP contribution is 2.22. The molecule has 0 bridgehead atoms. The van der Waals surface area contributed by atoms with Crippen molar-refractivity contribution in [3.05, 3.63) is 35.6 Å². The number of halogens is 1. The number of likely N-dealkylation sites (N-methyl/N-ethyl adjacent to an activating group) is 1. The molecule has 0 amide bonds. The second kappa shape index (κ2) is 5.61. The smallest absolute Gasteiger partial charge is 0.127 e. The molecule has 0 aliphatic carbocycles. The summed E-state index contributed by atoms with van der Waals surface area (Å²) in [6.45, 7) is 4.16. The molecular formula is C14H21FN2. The molecule has 94 valence electrons. The van der Waals surface area contributed by atoms with E-state index in [1.165, 1.54) is 18.9 Å². The SMILES string of the molecule is CC(c1ccccc1F)N(C)CC1CCCN1. The fraction of sp³-hybridized carbons (Fsp3) is 0.571. The molecule has 1 saturated heterocycles. The van der Waals surface area contributed by atoms with Gasteiger partial charge in [-0.05, 0) is 39.4 Å². The lowest BCUT2D eigenvalue weighted by molar-refractivity contribution is 0.234. The van der Waals surface area contributed by atoms with E-state index in [1.807, 2.05) is 12.1 Å². The summed E-state index contributed by atoms with van der Waals surface area (Å²) in [5.41, 5.74) is 0.785. The van der Waals surface area contributed by atoms with E-state index in [2.05, 4.69) is 24.2 Å². The zero-order valence-corrected chi connectivity index (χ0v) is 10.6. The number of hydrogen-bond donors (Lipinski definition) is 1. The van der Waals surface area contributed by atoms with Crippen LogP contribution in [0.4, 0.5) is 4.39 Å². The van der Waals surface area contributed by atoms with Crippen LogP contribution in [0.5, 0.6) is 0 Å². The maximum atomic E-state index is 13.7. The molecule has 0 radical (unpaired) electrons. The van der Waals surface area contributed by atoms with Crippen molar-refractivity contribution in [2.75, 3.05) is 20.1 Å². The molecular weight excluding hydrogens is 215 g/mol. The van der Waals surface area contributed by atoms with Gasteiger partial charge in [0.1, 0.15) is 5.82 Å². The number of nitrogens with one attached hydrogen (secondary N) is 1. The second-order valence-electron chi connectivity index (χ2n) is 4.93. The van der Waals surface area contributed by atoms with Crippen molar-refractivity contribution in [3.63, 3.8) is 0 Å². The average Bonchev–Trinajstić information content (AvgIpc) is 2.81. The van der Waals surface area contributed by atoms with Gasteiger partial charge in [0, 0.05) is 24.2 Å². The third-order valence-electron chi connectivity index (χ3n) is 3.69. The van der Waals surface area contributed by atoms with E-state index in [-0.39, 0.29) is 11.9 Å². The number of rotatable bonds is 4. The molecule has 0 saturated carbocycles. The van der Waals surface area contributed by atoms with Gasteiger partial charge in [0.25, 0.3) is 0 Å². The maximum Gasteiger partial charge on any atom is 0.127 e. The molecule has 1 heterocycles. The van der Waals surface area contributed by atoms with Crippen LogP contribution in [-0.4, -0.2) is 31.1 Å². The van der Waals surface area contributed by atoms with E-state index in [0.29, 0.717) is 6.04 Å². The van der Waals surface area contributed by atoms with Gasteiger partial charge in [0.2, 0.25) is 0 Å². The van der Waals surface area contributed by atoms with E-state index in [9.17, 15) is 4.39 Å². The molecule has 1 aromatic carbocycles. The van der Waals surface area contributed by atoms with Crippen LogP contribution in [0.25, 0.3) is 0 Å². The largest absolute Gasteiger partial charge is 0.313 e. The van der Waals surface area contributed by atoms with E-state index in [4.69, 9.17) is 0 Å². The molecule has 0 aromatic heterocycles. The lowest BCUT2D eigenvalue weighted by Gasteiger charge is -2.28. The molecule has 0 spiro atoms. The van der Waals surface area contributed by atoms with Gasteiger partial charge in [-0.25, -0.2) is 4.39 Å². The summed E-state index contributed by atoms with van der Waals surface area (Å²) in [6.07, 6.45) is 2.49. The first-order valence-corrected chi connectivity index (χ1v) is 6.36. The first-order chi connectivity index (χ1) is 8.18. The van der Waals surface area contributed by atoms with E-state index >= 15 is 0 Å². The predicted octanol–water partition coefficient (Wildman–Crippen LogP) is 2.57. The minimum Gasteiger partial charge on any atom is -0.313 e. The van der Waals surface area contributed by atoms with Crippen molar-refractivity contribution < 1.29 is 4.39 Å². The minimum atomic E-state index is -0.105. The molecule has 1 N–H and O–H groups in total. The highest BCUT2D eigenvalue weighted by Gasteiger charge is 2.20. The van der Waals surface area contributed by atoms with Gasteiger partial charge >= 0.3 is 0 Å². The first-order valence-electron chi connectivity index (χ1n) is 6.36. The van der Waals surface area contributed by atoms with Gasteiger partial charge < -0.3 is 5.32 Å². The third-order valence-corrected chi connectivity index (χ3v) is 3.69. The molecule has 1 aromatic rings. The Kier molecular flexibility index (Phi) is 4.13. The van der Waals surface area contributed by atoms with Crippen molar-refractivity contribution in [1.82, 2.24) is 10.2 Å². The van der Waals surface area contributed by atoms with Crippen molar-refractivity contribution in [3.8, 4) is 0 Å². The van der Waals surface area contributed by atoms with Gasteiger partial charge in [0.15, 0.2) is 0 Å². The Bertz CT molecular complexity index is 361. The van der Waals surface area contributed by atoms with Gasteiger partial charge in [-0.15, -0.1) is 0 Å². The van der Waals surface area contributed by atoms with Gasteiger partial charge in [-0.2, -0.15) is 0 Å². The maximum absolute atomic E-state index is 13.7. The molecule has 1 aliphatic heterocycles. The quantitative estimate of drug-likeness (QED) is 0.864. The van der Waals surface area contributed by atoms with Crippen LogP contribution in [0.1, 0.15) is 31.4 Å². The summed E-state index contributed by atoms with van der Waals surface area (Å²) in [5, 5.41) is 3.47. The van der Waals surface area contributed by atoms with Crippen molar-refractivity contribution >= 4 is 0 Å². The Hall–Kier alpha value is -0.930. The Morgan fingerprint density at radius 1 is 1.47 bits per heavy atom. The fourth-order valence-electron chi connectivity index (χ4n) is 2.47. The topological polar surface area (TPSA) is 15.3 Å². The fourth-order valence-corrected chi connectivity index (χ4v) is 2.47. The van der Waals surface area contributed by atoms with Crippen molar-refractivity contribution in [2.24, 2.45) is 0 Å². The second-order valence-corrected chi connectivity index (χ2v) is 4.93. The Morgan fingerprint density at radius 3 is 2.88 bits per heavy atom. The van der Waals surface area contributed by atoms with E-state index in [1.54, 1.807) is 6.07 Å². The lowest BCUT2D eigenvalue weighted by Crippen LogP contribution is -2.36. The summed E-state index contributed by atoms with van der Waals surface area (Å²) in [4.78, 5) is 2.22. The monoisotopic (exact) mass is 236 g/mol. The Balaban J connectivity index is 1.98. The van der Waals surface area contributed by atoms with Gasteiger partial charge in [-0.3, -0.25) is 4.90 Å². The minimum absolute atomic E-state index is 0.105. The van der Waals surface area contributed by atoms with E-state index in [0.717, 1.165) is 18.7 Å². The number of benzene rings is 1. The summed E-state index contributed by atoms with van der Waals surface area (Å²) >= 11 is 0. The molecule has 2 atom stereocenters. The highest BCUT2D eigenvalue weighted by molar-refractivity contribution is 5.20. The zero-order valence-electron chi connectivity index (χ0n) is 10.6. The summed E-state index contributed by atoms with van der Waals surface area (Å²) in [6, 6.07) is 7.74. The molecule has 1 aliphatic rings.